The Bertz CT molecular complexity index is 782. The van der Waals surface area contributed by atoms with Crippen LogP contribution in [0, 0.1) is 0 Å². The van der Waals surface area contributed by atoms with Gasteiger partial charge in [-0.15, -0.1) is 0 Å². The summed E-state index contributed by atoms with van der Waals surface area (Å²) in [6, 6.07) is 2.92. The van der Waals surface area contributed by atoms with E-state index in [2.05, 4.69) is 0 Å². The maximum Gasteiger partial charge on any atom is 0.229 e. The highest BCUT2D eigenvalue weighted by atomic mass is 16.8. The molecule has 34 heavy (non-hydrogen) atoms. The number of rotatable bonds is 8. The third kappa shape index (κ3) is 5.17. The van der Waals surface area contributed by atoms with Crippen molar-refractivity contribution in [1.29, 1.82) is 0 Å². The number of hydrogen-bond acceptors (Lipinski definition) is 13. The van der Waals surface area contributed by atoms with Gasteiger partial charge < -0.3 is 63.8 Å². The molecule has 0 unspecified atom stereocenters. The largest absolute Gasteiger partial charge is 0.493 e. The van der Waals surface area contributed by atoms with Gasteiger partial charge in [-0.05, 0) is 6.92 Å². The van der Waals surface area contributed by atoms with Crippen LogP contribution in [-0.4, -0.2) is 120 Å². The second kappa shape index (κ2) is 11.2. The maximum absolute atomic E-state index is 10.7. The van der Waals surface area contributed by atoms with E-state index >= 15 is 0 Å². The van der Waals surface area contributed by atoms with Gasteiger partial charge in [0.25, 0.3) is 0 Å². The van der Waals surface area contributed by atoms with E-state index in [1.165, 1.54) is 40.4 Å². The normalized spacial score (nSPS) is 38.3. The molecule has 13 nitrogen and oxygen atoms in total. The zero-order valence-electron chi connectivity index (χ0n) is 19.2. The topological polar surface area (TPSA) is 186 Å². The first-order chi connectivity index (χ1) is 16.2. The first-order valence-corrected chi connectivity index (χ1v) is 10.6. The molecular formula is C21H32O13. The zero-order valence-corrected chi connectivity index (χ0v) is 19.2. The highest BCUT2D eigenvalue weighted by molar-refractivity contribution is 5.55. The molecular weight excluding hydrogens is 460 g/mol. The lowest BCUT2D eigenvalue weighted by Gasteiger charge is -2.45. The monoisotopic (exact) mass is 492 g/mol. The SMILES string of the molecule is COc1cc(O[C@@H]2O[C@H](CO)[C@@H](O)[C@H](O)[C@H]2O[C@@H]2O[C@H](C)[C@@H](O)[C@H](O)[C@H]2O)cc(OC)c1OC. The van der Waals surface area contributed by atoms with Crippen molar-refractivity contribution in [2.24, 2.45) is 0 Å². The van der Waals surface area contributed by atoms with Crippen LogP contribution in [0.1, 0.15) is 6.92 Å². The molecule has 0 bridgehead atoms. The molecule has 2 aliphatic heterocycles. The lowest BCUT2D eigenvalue weighted by Crippen LogP contribution is -2.64. The summed E-state index contributed by atoms with van der Waals surface area (Å²) in [6.07, 6.45) is -14.3. The molecule has 2 aliphatic rings. The Morgan fingerprint density at radius 3 is 1.91 bits per heavy atom. The van der Waals surface area contributed by atoms with Crippen molar-refractivity contribution in [3.63, 3.8) is 0 Å². The fraction of sp³-hybridized carbons (Fsp3) is 0.714. The Kier molecular flexibility index (Phi) is 8.78. The van der Waals surface area contributed by atoms with E-state index in [1.807, 2.05) is 0 Å². The van der Waals surface area contributed by atoms with Gasteiger partial charge in [-0.3, -0.25) is 0 Å². The predicted octanol–water partition coefficient (Wildman–Crippen LogP) is -2.26. The van der Waals surface area contributed by atoms with Crippen LogP contribution in [0.3, 0.4) is 0 Å². The molecule has 2 heterocycles. The number of benzene rings is 1. The molecule has 0 spiro atoms. The summed E-state index contributed by atoms with van der Waals surface area (Å²) in [5, 5.41) is 60.9. The standard InChI is InChI=1S/C21H32O13/c1-8-13(23)15(25)17(27)20(31-8)34-19-16(26)14(24)12(7-22)33-21(19)32-9-5-10(28-2)18(30-4)11(6-9)29-3/h5-6,8,12-17,19-27H,7H2,1-4H3/t8-,12-,13-,14-,15+,16+,17-,19-,20+,21-/m1/s1. The van der Waals surface area contributed by atoms with Crippen LogP contribution >= 0.6 is 0 Å². The van der Waals surface area contributed by atoms with Gasteiger partial charge in [0.1, 0.15) is 42.4 Å². The van der Waals surface area contributed by atoms with Gasteiger partial charge in [0.2, 0.25) is 12.0 Å². The molecule has 2 fully saturated rings. The van der Waals surface area contributed by atoms with Crippen molar-refractivity contribution in [2.75, 3.05) is 27.9 Å². The highest BCUT2D eigenvalue weighted by Gasteiger charge is 2.50. The first-order valence-electron chi connectivity index (χ1n) is 10.6. The molecule has 10 atom stereocenters. The number of methoxy groups -OCH3 is 3. The van der Waals surface area contributed by atoms with Crippen molar-refractivity contribution in [1.82, 2.24) is 0 Å². The quantitative estimate of drug-likeness (QED) is 0.229. The second-order valence-electron chi connectivity index (χ2n) is 7.97. The summed E-state index contributed by atoms with van der Waals surface area (Å²) >= 11 is 0. The van der Waals surface area contributed by atoms with Gasteiger partial charge in [-0.2, -0.15) is 0 Å². The number of aliphatic hydroxyl groups excluding tert-OH is 6. The fourth-order valence-electron chi connectivity index (χ4n) is 3.84. The van der Waals surface area contributed by atoms with Crippen LogP contribution < -0.4 is 18.9 Å². The Morgan fingerprint density at radius 1 is 0.765 bits per heavy atom. The van der Waals surface area contributed by atoms with E-state index in [0.29, 0.717) is 5.75 Å². The second-order valence-corrected chi connectivity index (χ2v) is 7.97. The lowest BCUT2D eigenvalue weighted by atomic mass is 9.97. The third-order valence-corrected chi connectivity index (χ3v) is 5.81. The minimum absolute atomic E-state index is 0.141. The van der Waals surface area contributed by atoms with Crippen molar-refractivity contribution in [2.45, 2.75) is 68.3 Å². The van der Waals surface area contributed by atoms with E-state index < -0.39 is 68.0 Å². The molecule has 1 aromatic rings. The zero-order chi connectivity index (χ0) is 25.2. The van der Waals surface area contributed by atoms with E-state index in [1.54, 1.807) is 0 Å². The summed E-state index contributed by atoms with van der Waals surface area (Å²) in [5.74, 6) is 0.976. The summed E-state index contributed by atoms with van der Waals surface area (Å²) < 4.78 is 38.5. The van der Waals surface area contributed by atoms with Gasteiger partial charge in [0, 0.05) is 12.1 Å². The molecule has 6 N–H and O–H groups in total. The van der Waals surface area contributed by atoms with Gasteiger partial charge >= 0.3 is 0 Å². The van der Waals surface area contributed by atoms with Crippen LogP contribution in [0.2, 0.25) is 0 Å². The molecule has 0 saturated carbocycles. The molecule has 3 rings (SSSR count). The van der Waals surface area contributed by atoms with Crippen molar-refractivity contribution >= 4 is 0 Å². The average Bonchev–Trinajstić information content (AvgIpc) is 2.84. The molecule has 0 amide bonds. The molecule has 0 radical (unpaired) electrons. The summed E-state index contributed by atoms with van der Waals surface area (Å²) in [7, 11) is 4.25. The molecule has 1 aromatic carbocycles. The molecule has 0 aliphatic carbocycles. The van der Waals surface area contributed by atoms with Crippen molar-refractivity contribution < 1.29 is 63.8 Å². The van der Waals surface area contributed by atoms with Gasteiger partial charge in [0.15, 0.2) is 23.9 Å². The molecule has 0 aromatic heterocycles. The van der Waals surface area contributed by atoms with Crippen molar-refractivity contribution in [3.05, 3.63) is 12.1 Å². The van der Waals surface area contributed by atoms with Gasteiger partial charge in [-0.1, -0.05) is 0 Å². The number of aliphatic hydroxyl groups is 6. The Hall–Kier alpha value is -1.94. The average molecular weight is 492 g/mol. The fourth-order valence-corrected chi connectivity index (χ4v) is 3.84. The predicted molar refractivity (Wildman–Crippen MR) is 112 cm³/mol. The third-order valence-electron chi connectivity index (χ3n) is 5.81. The van der Waals surface area contributed by atoms with E-state index in [4.69, 9.17) is 33.2 Å². The van der Waals surface area contributed by atoms with E-state index in [-0.39, 0.29) is 17.2 Å². The van der Waals surface area contributed by atoms with E-state index in [0.717, 1.165) is 0 Å². The maximum atomic E-state index is 10.7. The van der Waals surface area contributed by atoms with Crippen LogP contribution in [0.15, 0.2) is 12.1 Å². The Labute approximate surface area is 195 Å². The lowest BCUT2D eigenvalue weighted by molar-refractivity contribution is -0.354. The minimum Gasteiger partial charge on any atom is -0.493 e. The van der Waals surface area contributed by atoms with Crippen LogP contribution in [0.25, 0.3) is 0 Å². The summed E-state index contributed by atoms with van der Waals surface area (Å²) in [5.41, 5.74) is 0. The summed E-state index contributed by atoms with van der Waals surface area (Å²) in [6.45, 7) is 0.828. The van der Waals surface area contributed by atoms with E-state index in [9.17, 15) is 30.6 Å². The smallest absolute Gasteiger partial charge is 0.229 e. The van der Waals surface area contributed by atoms with Crippen LogP contribution in [-0.2, 0) is 14.2 Å². The van der Waals surface area contributed by atoms with Gasteiger partial charge in [-0.25, -0.2) is 0 Å². The number of ether oxygens (including phenoxy) is 7. The van der Waals surface area contributed by atoms with Gasteiger partial charge in [0.05, 0.1) is 34.0 Å². The minimum atomic E-state index is -1.67. The van der Waals surface area contributed by atoms with Crippen LogP contribution in [0.5, 0.6) is 23.0 Å². The summed E-state index contributed by atoms with van der Waals surface area (Å²) in [4.78, 5) is 0. The Balaban J connectivity index is 1.90. The number of hydrogen-bond donors (Lipinski definition) is 6. The van der Waals surface area contributed by atoms with Crippen LogP contribution in [0.4, 0.5) is 0 Å². The highest BCUT2D eigenvalue weighted by Crippen LogP contribution is 2.42. The Morgan fingerprint density at radius 2 is 1.38 bits per heavy atom. The molecule has 194 valence electrons. The van der Waals surface area contributed by atoms with Crippen molar-refractivity contribution in [3.8, 4) is 23.0 Å². The molecule has 2 saturated heterocycles. The first kappa shape index (κ1) is 26.7. The molecule has 13 heteroatoms.